The molecule has 0 radical (unpaired) electrons. The summed E-state index contributed by atoms with van der Waals surface area (Å²) in [6.45, 7) is 15.0. The van der Waals surface area contributed by atoms with E-state index in [1.165, 1.54) is 12.8 Å². The van der Waals surface area contributed by atoms with Crippen molar-refractivity contribution in [1.29, 1.82) is 0 Å². The van der Waals surface area contributed by atoms with Crippen LogP contribution in [0.2, 0.25) is 0 Å². The van der Waals surface area contributed by atoms with Gasteiger partial charge in [-0.1, -0.05) is 32.3 Å². The Labute approximate surface area is 231 Å². The zero-order chi connectivity index (χ0) is 27.4. The smallest absolute Gasteiger partial charge is 0.185 e. The average Bonchev–Trinajstić information content (AvgIpc) is 3.70. The number of aryl methyl sites for hydroxylation is 1. The second-order valence-corrected chi connectivity index (χ2v) is 11.2. The van der Waals surface area contributed by atoms with E-state index in [0.717, 1.165) is 78.3 Å². The molecule has 5 rings (SSSR count). The minimum atomic E-state index is -0.195. The third-order valence-corrected chi connectivity index (χ3v) is 8.80. The van der Waals surface area contributed by atoms with Gasteiger partial charge in [0.15, 0.2) is 22.9 Å². The number of rotatable bonds is 9. The van der Waals surface area contributed by atoms with Crippen molar-refractivity contribution in [3.05, 3.63) is 17.0 Å². The molecule has 1 saturated heterocycles. The van der Waals surface area contributed by atoms with E-state index in [0.29, 0.717) is 24.0 Å². The van der Waals surface area contributed by atoms with Gasteiger partial charge in [0.05, 0.1) is 23.0 Å². The summed E-state index contributed by atoms with van der Waals surface area (Å²) in [5.41, 5.74) is 3.48. The number of carbonyl (C=O) groups is 1. The first-order valence-corrected chi connectivity index (χ1v) is 15.7. The Hall–Kier alpha value is -2.26. The van der Waals surface area contributed by atoms with Crippen LogP contribution in [0.5, 0.6) is 0 Å². The lowest BCUT2D eigenvalue weighted by atomic mass is 9.83. The first-order chi connectivity index (χ1) is 18.4. The number of carbonyl (C=O) groups excluding carboxylic acids is 1. The molecule has 0 unspecified atom stereocenters. The fourth-order valence-electron chi connectivity index (χ4n) is 5.83. The molecule has 1 aliphatic carbocycles. The molecule has 38 heavy (non-hydrogen) atoms. The van der Waals surface area contributed by atoms with E-state index in [4.69, 9.17) is 19.6 Å². The van der Waals surface area contributed by atoms with Crippen molar-refractivity contribution in [3.63, 3.8) is 0 Å². The van der Waals surface area contributed by atoms with E-state index in [9.17, 15) is 4.79 Å². The van der Waals surface area contributed by atoms with E-state index in [1.807, 2.05) is 27.0 Å². The van der Waals surface area contributed by atoms with Crippen LogP contribution < -0.4 is 0 Å². The van der Waals surface area contributed by atoms with Crippen molar-refractivity contribution in [3.8, 4) is 11.5 Å². The van der Waals surface area contributed by atoms with Gasteiger partial charge in [0.25, 0.3) is 0 Å². The Morgan fingerprint density at radius 1 is 1.13 bits per heavy atom. The maximum Gasteiger partial charge on any atom is 0.185 e. The number of aromatic nitrogens is 5. The zero-order valence-electron chi connectivity index (χ0n) is 24.2. The average molecular weight is 541 g/mol. The number of nitrogens with zero attached hydrogens (tertiary/aromatic N) is 6. The predicted octanol–water partition coefficient (Wildman–Crippen LogP) is 6.76. The topological polar surface area (TPSA) is 89.9 Å². The summed E-state index contributed by atoms with van der Waals surface area (Å²) in [6, 6.07) is 0.532. The molecule has 0 spiro atoms. The SMILES string of the molecule is CC.CCCCC(=O)[C@H]1CCCc2c(-c3nc(SC)c4c(C)nn([C@@H](C)[C@H](C)N5CCCC5)c4n3)noc21. The molecule has 0 saturated carbocycles. The molecule has 1 fully saturated rings. The molecule has 2 aliphatic rings. The molecule has 8 nitrogen and oxygen atoms in total. The Bertz CT molecular complexity index is 1250. The molecular weight excluding hydrogens is 496 g/mol. The van der Waals surface area contributed by atoms with Gasteiger partial charge in [0, 0.05) is 18.0 Å². The number of fused-ring (bicyclic) bond motifs is 2. The second kappa shape index (κ2) is 12.7. The number of ketones is 1. The summed E-state index contributed by atoms with van der Waals surface area (Å²) in [7, 11) is 0. The fourth-order valence-corrected chi connectivity index (χ4v) is 6.45. The van der Waals surface area contributed by atoms with E-state index < -0.39 is 0 Å². The summed E-state index contributed by atoms with van der Waals surface area (Å²) in [4.78, 5) is 25.4. The van der Waals surface area contributed by atoms with Crippen molar-refractivity contribution in [1.82, 2.24) is 29.8 Å². The van der Waals surface area contributed by atoms with Gasteiger partial charge >= 0.3 is 0 Å². The van der Waals surface area contributed by atoms with Crippen molar-refractivity contribution in [2.75, 3.05) is 19.3 Å². The van der Waals surface area contributed by atoms with Crippen LogP contribution in [0.25, 0.3) is 22.6 Å². The Balaban J connectivity index is 0.00000164. The predicted molar refractivity (Wildman–Crippen MR) is 154 cm³/mol. The number of hydrogen-bond donors (Lipinski definition) is 0. The molecule has 3 aromatic heterocycles. The first kappa shape index (κ1) is 28.7. The molecule has 0 bridgehead atoms. The van der Waals surface area contributed by atoms with Crippen LogP contribution in [0, 0.1) is 6.92 Å². The number of likely N-dealkylation sites (tertiary alicyclic amines) is 1. The highest BCUT2D eigenvalue weighted by atomic mass is 32.2. The van der Waals surface area contributed by atoms with Crippen LogP contribution >= 0.6 is 11.8 Å². The summed E-state index contributed by atoms with van der Waals surface area (Å²) in [5.74, 6) is 1.37. The lowest BCUT2D eigenvalue weighted by Crippen LogP contribution is -2.36. The summed E-state index contributed by atoms with van der Waals surface area (Å²) >= 11 is 1.61. The highest BCUT2D eigenvalue weighted by Gasteiger charge is 2.34. The molecule has 3 atom stereocenters. The highest BCUT2D eigenvalue weighted by molar-refractivity contribution is 7.98. The van der Waals surface area contributed by atoms with E-state index in [2.05, 4.69) is 35.5 Å². The van der Waals surface area contributed by atoms with Crippen LogP contribution in [-0.4, -0.2) is 61.0 Å². The maximum atomic E-state index is 12.9. The molecule has 3 aromatic rings. The second-order valence-electron chi connectivity index (χ2n) is 10.4. The number of unbranched alkanes of at least 4 members (excludes halogenated alkanes) is 1. The lowest BCUT2D eigenvalue weighted by molar-refractivity contribution is -0.121. The summed E-state index contributed by atoms with van der Waals surface area (Å²) in [6.07, 6.45) is 9.71. The molecule has 0 amide bonds. The molecule has 208 valence electrons. The van der Waals surface area contributed by atoms with Crippen molar-refractivity contribution in [2.24, 2.45) is 0 Å². The molecule has 0 N–H and O–H groups in total. The minimum Gasteiger partial charge on any atom is -0.360 e. The van der Waals surface area contributed by atoms with Gasteiger partial charge in [0.2, 0.25) is 0 Å². The van der Waals surface area contributed by atoms with Crippen LogP contribution in [0.4, 0.5) is 0 Å². The molecule has 1 aliphatic heterocycles. The highest BCUT2D eigenvalue weighted by Crippen LogP contribution is 2.39. The van der Waals surface area contributed by atoms with Gasteiger partial charge in [-0.25, -0.2) is 14.6 Å². The van der Waals surface area contributed by atoms with Crippen LogP contribution in [0.15, 0.2) is 9.55 Å². The molecular formula is C29H44N6O2S. The zero-order valence-corrected chi connectivity index (χ0v) is 25.0. The number of Topliss-reactive ketones (excluding diaryl/α,β-unsaturated/α-hetero) is 1. The van der Waals surface area contributed by atoms with Crippen molar-refractivity contribution < 1.29 is 9.32 Å². The summed E-state index contributed by atoms with van der Waals surface area (Å²) < 4.78 is 7.93. The largest absolute Gasteiger partial charge is 0.360 e. The normalized spacial score (nSPS) is 19.2. The Morgan fingerprint density at radius 3 is 2.55 bits per heavy atom. The Kier molecular flexibility index (Phi) is 9.63. The Morgan fingerprint density at radius 2 is 1.87 bits per heavy atom. The summed E-state index contributed by atoms with van der Waals surface area (Å²) in [5, 5.41) is 11.3. The van der Waals surface area contributed by atoms with Crippen LogP contribution in [-0.2, 0) is 11.2 Å². The van der Waals surface area contributed by atoms with Crippen LogP contribution in [0.1, 0.15) is 109 Å². The molecule has 0 aromatic carbocycles. The van der Waals surface area contributed by atoms with Gasteiger partial charge in [0.1, 0.15) is 10.8 Å². The van der Waals surface area contributed by atoms with Gasteiger partial charge in [-0.2, -0.15) is 5.10 Å². The minimum absolute atomic E-state index is 0.170. The quantitative estimate of drug-likeness (QED) is 0.217. The molecule has 9 heteroatoms. The number of thioether (sulfide) groups is 1. The standard InChI is InChI=1S/C27H38N6O2S.C2H6/c1-6-7-13-21(34)19-11-10-12-20-23(31-35-24(19)20)25-28-26-22(27(29-25)36-5)16(2)30-33(26)18(4)17(3)32-14-8-9-15-32;1-2/h17-19H,6-15H2,1-5H3;1-2H3/t17-,18-,19+;/m0./s1. The molecule has 4 heterocycles. The van der Waals surface area contributed by atoms with E-state index in [-0.39, 0.29) is 17.7 Å². The van der Waals surface area contributed by atoms with E-state index in [1.54, 1.807) is 11.8 Å². The lowest BCUT2D eigenvalue weighted by Gasteiger charge is -2.29. The fraction of sp³-hybridized carbons (Fsp3) is 0.690. The van der Waals surface area contributed by atoms with Crippen LogP contribution in [0.3, 0.4) is 0 Å². The van der Waals surface area contributed by atoms with Crippen molar-refractivity contribution in [2.45, 2.75) is 116 Å². The van der Waals surface area contributed by atoms with Gasteiger partial charge in [-0.3, -0.25) is 9.69 Å². The van der Waals surface area contributed by atoms with Gasteiger partial charge < -0.3 is 4.52 Å². The van der Waals surface area contributed by atoms with Gasteiger partial charge in [-0.15, -0.1) is 11.8 Å². The third kappa shape index (κ3) is 5.41. The van der Waals surface area contributed by atoms with Gasteiger partial charge in [-0.05, 0) is 78.6 Å². The first-order valence-electron chi connectivity index (χ1n) is 14.5. The maximum absolute atomic E-state index is 12.9. The number of hydrogen-bond acceptors (Lipinski definition) is 8. The monoisotopic (exact) mass is 540 g/mol. The van der Waals surface area contributed by atoms with Crippen molar-refractivity contribution >= 4 is 28.6 Å². The third-order valence-electron chi connectivity index (χ3n) is 8.12. The van der Waals surface area contributed by atoms with E-state index >= 15 is 0 Å².